The summed E-state index contributed by atoms with van der Waals surface area (Å²) in [5, 5.41) is 9.66. The van der Waals surface area contributed by atoms with Crippen molar-refractivity contribution in [2.24, 2.45) is 5.73 Å². The molecule has 1 fully saturated rings. The summed E-state index contributed by atoms with van der Waals surface area (Å²) in [7, 11) is 0. The fourth-order valence-corrected chi connectivity index (χ4v) is 2.98. The molecular weight excluding hydrogens is 280 g/mol. The highest BCUT2D eigenvalue weighted by molar-refractivity contribution is 7.80. The van der Waals surface area contributed by atoms with Gasteiger partial charge in [0.05, 0.1) is 10.6 Å². The number of anilines is 1. The summed E-state index contributed by atoms with van der Waals surface area (Å²) in [5.41, 5.74) is 7.56. The molecule has 0 amide bonds. The molecule has 3 nitrogen and oxygen atoms in total. The molecular formula is C14H19ClN2OS. The van der Waals surface area contributed by atoms with E-state index in [9.17, 15) is 0 Å². The second-order valence-corrected chi connectivity index (χ2v) is 5.70. The number of rotatable bonds is 6. The van der Waals surface area contributed by atoms with Crippen LogP contribution in [0.4, 0.5) is 5.69 Å². The zero-order valence-corrected chi connectivity index (χ0v) is 12.4. The fourth-order valence-electron chi connectivity index (χ4n) is 2.44. The first kappa shape index (κ1) is 14.6. The van der Waals surface area contributed by atoms with Crippen molar-refractivity contribution in [2.75, 3.05) is 18.1 Å². The summed E-state index contributed by atoms with van der Waals surface area (Å²) in [6.45, 7) is 0.989. The molecule has 1 aromatic carbocycles. The van der Waals surface area contributed by atoms with E-state index in [1.165, 1.54) is 19.3 Å². The molecule has 0 aliphatic heterocycles. The SMILES string of the molecule is NC(=S)c1c(Cl)cccc1N(CCCO)C1CCC1. The number of nitrogens with two attached hydrogens (primary N) is 1. The van der Waals surface area contributed by atoms with Crippen molar-refractivity contribution in [3.63, 3.8) is 0 Å². The van der Waals surface area contributed by atoms with E-state index >= 15 is 0 Å². The third kappa shape index (κ3) is 3.19. The van der Waals surface area contributed by atoms with Crippen LogP contribution in [0.25, 0.3) is 0 Å². The molecule has 2 rings (SSSR count). The lowest BCUT2D eigenvalue weighted by Gasteiger charge is -2.40. The Hall–Kier alpha value is -0.840. The average Bonchev–Trinajstić information content (AvgIpc) is 2.31. The van der Waals surface area contributed by atoms with Crippen LogP contribution in [-0.4, -0.2) is 29.3 Å². The van der Waals surface area contributed by atoms with E-state index in [1.54, 1.807) is 0 Å². The van der Waals surface area contributed by atoms with Gasteiger partial charge in [0.2, 0.25) is 0 Å². The molecule has 19 heavy (non-hydrogen) atoms. The molecule has 0 radical (unpaired) electrons. The quantitative estimate of drug-likeness (QED) is 0.793. The van der Waals surface area contributed by atoms with Gasteiger partial charge in [0.25, 0.3) is 0 Å². The van der Waals surface area contributed by atoms with Gasteiger partial charge >= 0.3 is 0 Å². The Bertz CT molecular complexity index is 463. The predicted molar refractivity (Wildman–Crippen MR) is 84.0 cm³/mol. The van der Waals surface area contributed by atoms with Crippen LogP contribution in [0.1, 0.15) is 31.2 Å². The van der Waals surface area contributed by atoms with Crippen LogP contribution >= 0.6 is 23.8 Å². The maximum atomic E-state index is 9.06. The third-order valence-corrected chi connectivity index (χ3v) is 4.14. The smallest absolute Gasteiger partial charge is 0.107 e. The van der Waals surface area contributed by atoms with E-state index in [-0.39, 0.29) is 6.61 Å². The Kier molecular flexibility index (Phi) is 5.02. The normalized spacial score (nSPS) is 15.1. The van der Waals surface area contributed by atoms with Gasteiger partial charge < -0.3 is 15.7 Å². The molecule has 0 unspecified atom stereocenters. The van der Waals surface area contributed by atoms with Crippen molar-refractivity contribution < 1.29 is 5.11 Å². The number of nitrogens with zero attached hydrogens (tertiary/aromatic N) is 1. The highest BCUT2D eigenvalue weighted by Crippen LogP contribution is 2.34. The summed E-state index contributed by atoms with van der Waals surface area (Å²) >= 11 is 11.4. The molecule has 0 heterocycles. The van der Waals surface area contributed by atoms with E-state index in [0.29, 0.717) is 16.1 Å². The van der Waals surface area contributed by atoms with E-state index in [0.717, 1.165) is 24.2 Å². The lowest BCUT2D eigenvalue weighted by atomic mass is 9.90. The molecule has 5 heteroatoms. The van der Waals surface area contributed by atoms with E-state index in [2.05, 4.69) is 4.90 Å². The first-order chi connectivity index (χ1) is 9.15. The van der Waals surface area contributed by atoms with Crippen LogP contribution in [0.2, 0.25) is 5.02 Å². The van der Waals surface area contributed by atoms with Crippen molar-refractivity contribution in [3.8, 4) is 0 Å². The Balaban J connectivity index is 2.34. The highest BCUT2D eigenvalue weighted by atomic mass is 35.5. The van der Waals surface area contributed by atoms with Gasteiger partial charge in [-0.05, 0) is 37.8 Å². The molecule has 3 N–H and O–H groups in total. The van der Waals surface area contributed by atoms with Gasteiger partial charge in [0, 0.05) is 24.9 Å². The zero-order chi connectivity index (χ0) is 13.8. The van der Waals surface area contributed by atoms with Gasteiger partial charge in [-0.15, -0.1) is 0 Å². The van der Waals surface area contributed by atoms with E-state index in [4.69, 9.17) is 34.7 Å². The minimum atomic E-state index is 0.187. The third-order valence-electron chi connectivity index (χ3n) is 3.62. The van der Waals surface area contributed by atoms with Crippen LogP contribution in [0.5, 0.6) is 0 Å². The predicted octanol–water partition coefficient (Wildman–Crippen LogP) is 2.72. The largest absolute Gasteiger partial charge is 0.396 e. The summed E-state index contributed by atoms with van der Waals surface area (Å²) in [6.07, 6.45) is 4.34. The zero-order valence-electron chi connectivity index (χ0n) is 10.8. The van der Waals surface area contributed by atoms with E-state index < -0.39 is 0 Å². The van der Waals surface area contributed by atoms with Crippen LogP contribution in [0.3, 0.4) is 0 Å². The number of aliphatic hydroxyl groups is 1. The lowest BCUT2D eigenvalue weighted by molar-refractivity contribution is 0.283. The highest BCUT2D eigenvalue weighted by Gasteiger charge is 2.27. The average molecular weight is 299 g/mol. The van der Waals surface area contributed by atoms with Gasteiger partial charge in [-0.1, -0.05) is 29.9 Å². The summed E-state index contributed by atoms with van der Waals surface area (Å²) in [5.74, 6) is 0. The summed E-state index contributed by atoms with van der Waals surface area (Å²) in [4.78, 5) is 2.62. The number of hydrogen-bond donors (Lipinski definition) is 2. The Labute approximate surface area is 124 Å². The molecule has 104 valence electrons. The van der Waals surface area contributed by atoms with Crippen molar-refractivity contribution >= 4 is 34.5 Å². The van der Waals surface area contributed by atoms with Crippen LogP contribution in [-0.2, 0) is 0 Å². The number of benzene rings is 1. The van der Waals surface area contributed by atoms with E-state index in [1.807, 2.05) is 18.2 Å². The van der Waals surface area contributed by atoms with Crippen molar-refractivity contribution in [1.29, 1.82) is 0 Å². The van der Waals surface area contributed by atoms with Crippen molar-refractivity contribution in [2.45, 2.75) is 31.7 Å². The molecule has 1 aliphatic rings. The summed E-state index contributed by atoms with van der Waals surface area (Å²) in [6, 6.07) is 6.25. The molecule has 0 bridgehead atoms. The Morgan fingerprint density at radius 1 is 1.47 bits per heavy atom. The van der Waals surface area contributed by atoms with Gasteiger partial charge in [0.15, 0.2) is 0 Å². The van der Waals surface area contributed by atoms with Gasteiger partial charge in [-0.3, -0.25) is 0 Å². The Morgan fingerprint density at radius 3 is 2.74 bits per heavy atom. The van der Waals surface area contributed by atoms with Crippen molar-refractivity contribution in [3.05, 3.63) is 28.8 Å². The standard InChI is InChI=1S/C14H19ClN2OS/c15-11-6-2-7-12(13(11)14(16)19)17(8-3-9-18)10-4-1-5-10/h2,6-7,10,18H,1,3-5,8-9H2,(H2,16,19). The number of thiocarbonyl (C=S) groups is 1. The number of hydrogen-bond acceptors (Lipinski definition) is 3. The second kappa shape index (κ2) is 6.55. The first-order valence-corrected chi connectivity index (χ1v) is 7.39. The molecule has 0 atom stereocenters. The minimum absolute atomic E-state index is 0.187. The number of aliphatic hydroxyl groups excluding tert-OH is 1. The molecule has 0 spiro atoms. The van der Waals surface area contributed by atoms with Crippen molar-refractivity contribution in [1.82, 2.24) is 0 Å². The lowest BCUT2D eigenvalue weighted by Crippen LogP contribution is -2.42. The molecule has 1 aliphatic carbocycles. The molecule has 1 saturated carbocycles. The number of halogens is 1. The van der Waals surface area contributed by atoms with Gasteiger partial charge in [-0.25, -0.2) is 0 Å². The first-order valence-electron chi connectivity index (χ1n) is 6.61. The van der Waals surface area contributed by atoms with Crippen LogP contribution < -0.4 is 10.6 Å². The second-order valence-electron chi connectivity index (χ2n) is 4.85. The topological polar surface area (TPSA) is 49.5 Å². The van der Waals surface area contributed by atoms with Gasteiger partial charge in [0.1, 0.15) is 4.99 Å². The minimum Gasteiger partial charge on any atom is -0.396 e. The van der Waals surface area contributed by atoms with Crippen LogP contribution in [0.15, 0.2) is 18.2 Å². The monoisotopic (exact) mass is 298 g/mol. The molecule has 1 aromatic rings. The maximum Gasteiger partial charge on any atom is 0.107 e. The van der Waals surface area contributed by atoms with Gasteiger partial charge in [-0.2, -0.15) is 0 Å². The molecule has 0 saturated heterocycles. The fraction of sp³-hybridized carbons (Fsp3) is 0.500. The summed E-state index contributed by atoms with van der Waals surface area (Å²) < 4.78 is 0. The van der Waals surface area contributed by atoms with Crippen LogP contribution in [0, 0.1) is 0 Å². The Morgan fingerprint density at radius 2 is 2.21 bits per heavy atom. The maximum absolute atomic E-state index is 9.06. The molecule has 0 aromatic heterocycles.